The Labute approximate surface area is 180 Å². The van der Waals surface area contributed by atoms with E-state index in [4.69, 9.17) is 0 Å². The fourth-order valence-corrected chi connectivity index (χ4v) is 6.05. The van der Waals surface area contributed by atoms with Crippen molar-refractivity contribution in [2.24, 2.45) is 5.92 Å². The summed E-state index contributed by atoms with van der Waals surface area (Å²) < 4.78 is 29.2. The number of nitrogens with zero attached hydrogens (tertiary/aromatic N) is 1. The molecular formula is C22H25N3O3S2. The van der Waals surface area contributed by atoms with Gasteiger partial charge in [0.2, 0.25) is 5.91 Å². The second-order valence-corrected chi connectivity index (χ2v) is 10.6. The Balaban J connectivity index is 1.53. The highest BCUT2D eigenvalue weighted by molar-refractivity contribution is 7.92. The first kappa shape index (κ1) is 20.8. The van der Waals surface area contributed by atoms with Gasteiger partial charge in [0, 0.05) is 5.92 Å². The molecule has 1 heterocycles. The summed E-state index contributed by atoms with van der Waals surface area (Å²) in [7, 11) is -3.71. The summed E-state index contributed by atoms with van der Waals surface area (Å²) in [6, 6.07) is 10.6. The molecule has 158 valence electrons. The second-order valence-electron chi connectivity index (χ2n) is 7.90. The molecule has 0 bridgehead atoms. The second kappa shape index (κ2) is 8.35. The van der Waals surface area contributed by atoms with Crippen molar-refractivity contribution in [3.8, 4) is 0 Å². The standard InChI is InChI=1S/C22H25N3O3S2/c1-14-8-9-15(2)20(12-14)30(27,28)25-17-10-11-19-18(13-17)23-22(29-19)24-21(26)16-6-4-3-5-7-16/h8-13,16,25H,3-7H2,1-2H3,(H,23,24,26). The van der Waals surface area contributed by atoms with Gasteiger partial charge in [0.1, 0.15) is 0 Å². The molecule has 1 saturated carbocycles. The smallest absolute Gasteiger partial charge is 0.262 e. The molecule has 1 aromatic heterocycles. The first-order valence-corrected chi connectivity index (χ1v) is 12.4. The number of sulfonamides is 1. The highest BCUT2D eigenvalue weighted by atomic mass is 32.2. The molecule has 6 nitrogen and oxygen atoms in total. The van der Waals surface area contributed by atoms with Crippen LogP contribution in [0.2, 0.25) is 0 Å². The van der Waals surface area contributed by atoms with Crippen LogP contribution in [0.15, 0.2) is 41.3 Å². The number of aromatic nitrogens is 1. The summed E-state index contributed by atoms with van der Waals surface area (Å²) >= 11 is 1.40. The molecule has 30 heavy (non-hydrogen) atoms. The number of hydrogen-bond acceptors (Lipinski definition) is 5. The summed E-state index contributed by atoms with van der Waals surface area (Å²) in [6.07, 6.45) is 5.26. The van der Waals surface area contributed by atoms with Gasteiger partial charge in [0.15, 0.2) is 5.13 Å². The van der Waals surface area contributed by atoms with Crippen LogP contribution in [0.25, 0.3) is 10.2 Å². The van der Waals surface area contributed by atoms with E-state index < -0.39 is 10.0 Å². The van der Waals surface area contributed by atoms with Gasteiger partial charge >= 0.3 is 0 Å². The first-order chi connectivity index (χ1) is 14.3. The van der Waals surface area contributed by atoms with Gasteiger partial charge in [-0.1, -0.05) is 42.7 Å². The maximum Gasteiger partial charge on any atom is 0.262 e. The van der Waals surface area contributed by atoms with Crippen molar-refractivity contribution in [1.29, 1.82) is 0 Å². The number of anilines is 2. The van der Waals surface area contributed by atoms with Gasteiger partial charge in [-0.3, -0.25) is 9.52 Å². The molecule has 0 atom stereocenters. The SMILES string of the molecule is Cc1ccc(C)c(S(=O)(=O)Nc2ccc3sc(NC(=O)C4CCCCC4)nc3c2)c1. The minimum atomic E-state index is -3.71. The van der Waals surface area contributed by atoms with Gasteiger partial charge in [0.05, 0.1) is 20.8 Å². The van der Waals surface area contributed by atoms with Gasteiger partial charge in [0.25, 0.3) is 10.0 Å². The van der Waals surface area contributed by atoms with Crippen molar-refractivity contribution in [2.75, 3.05) is 10.0 Å². The number of rotatable bonds is 5. The predicted molar refractivity (Wildman–Crippen MR) is 122 cm³/mol. The first-order valence-electron chi connectivity index (χ1n) is 10.1. The predicted octanol–water partition coefficient (Wildman–Crippen LogP) is 5.23. The molecule has 1 fully saturated rings. The van der Waals surface area contributed by atoms with Crippen LogP contribution in [0.3, 0.4) is 0 Å². The third-order valence-corrected chi connectivity index (χ3v) is 7.95. The van der Waals surface area contributed by atoms with E-state index in [9.17, 15) is 13.2 Å². The molecule has 3 aromatic rings. The molecule has 0 saturated heterocycles. The minimum absolute atomic E-state index is 0.0320. The van der Waals surface area contributed by atoms with Crippen molar-refractivity contribution in [3.05, 3.63) is 47.5 Å². The summed E-state index contributed by atoms with van der Waals surface area (Å²) in [6.45, 7) is 3.64. The van der Waals surface area contributed by atoms with E-state index in [2.05, 4.69) is 15.0 Å². The largest absolute Gasteiger partial charge is 0.302 e. The average Bonchev–Trinajstić information content (AvgIpc) is 3.11. The van der Waals surface area contributed by atoms with E-state index >= 15 is 0 Å². The molecule has 0 radical (unpaired) electrons. The van der Waals surface area contributed by atoms with Crippen molar-refractivity contribution in [1.82, 2.24) is 4.98 Å². The van der Waals surface area contributed by atoms with Crippen molar-refractivity contribution < 1.29 is 13.2 Å². The molecule has 1 aliphatic rings. The number of fused-ring (bicyclic) bond motifs is 1. The number of aryl methyl sites for hydroxylation is 2. The van der Waals surface area contributed by atoms with Crippen LogP contribution >= 0.6 is 11.3 Å². The normalized spacial score (nSPS) is 15.3. The lowest BCUT2D eigenvalue weighted by Gasteiger charge is -2.19. The molecule has 1 amide bonds. The van der Waals surface area contributed by atoms with Crippen LogP contribution in [0.4, 0.5) is 10.8 Å². The van der Waals surface area contributed by atoms with Gasteiger partial charge in [-0.05, 0) is 62.1 Å². The Morgan fingerprint density at radius 3 is 2.60 bits per heavy atom. The molecule has 0 unspecified atom stereocenters. The van der Waals surface area contributed by atoms with Crippen molar-refractivity contribution >= 4 is 48.3 Å². The summed E-state index contributed by atoms with van der Waals surface area (Å²) in [4.78, 5) is 17.2. The molecule has 0 spiro atoms. The Morgan fingerprint density at radius 1 is 1.07 bits per heavy atom. The van der Waals surface area contributed by atoms with Gasteiger partial charge < -0.3 is 5.32 Å². The quantitative estimate of drug-likeness (QED) is 0.565. The lowest BCUT2D eigenvalue weighted by Crippen LogP contribution is -2.24. The molecule has 1 aliphatic carbocycles. The van der Waals surface area contributed by atoms with Crippen LogP contribution in [-0.4, -0.2) is 19.3 Å². The number of carbonyl (C=O) groups is 1. The molecule has 2 N–H and O–H groups in total. The average molecular weight is 444 g/mol. The number of amides is 1. The Kier molecular flexibility index (Phi) is 5.79. The van der Waals surface area contributed by atoms with Gasteiger partial charge in [-0.2, -0.15) is 0 Å². The molecular weight excluding hydrogens is 418 g/mol. The van der Waals surface area contributed by atoms with Crippen LogP contribution in [-0.2, 0) is 14.8 Å². The number of hydrogen-bond donors (Lipinski definition) is 2. The Hall–Kier alpha value is -2.45. The van der Waals surface area contributed by atoms with E-state index in [1.54, 1.807) is 31.2 Å². The van der Waals surface area contributed by atoms with E-state index in [1.165, 1.54) is 17.8 Å². The zero-order valence-corrected chi connectivity index (χ0v) is 18.7. The molecule has 0 aliphatic heterocycles. The van der Waals surface area contributed by atoms with Crippen LogP contribution in [0.5, 0.6) is 0 Å². The van der Waals surface area contributed by atoms with E-state index in [0.29, 0.717) is 21.9 Å². The number of nitrogens with one attached hydrogen (secondary N) is 2. The number of carbonyl (C=O) groups excluding carboxylic acids is 1. The summed E-state index contributed by atoms with van der Waals surface area (Å²) in [5.41, 5.74) is 2.67. The number of benzene rings is 2. The van der Waals surface area contributed by atoms with E-state index in [-0.39, 0.29) is 16.7 Å². The molecule has 2 aromatic carbocycles. The van der Waals surface area contributed by atoms with Gasteiger partial charge in [-0.25, -0.2) is 13.4 Å². The van der Waals surface area contributed by atoms with E-state index in [0.717, 1.165) is 35.9 Å². The van der Waals surface area contributed by atoms with Crippen LogP contribution in [0.1, 0.15) is 43.2 Å². The lowest BCUT2D eigenvalue weighted by molar-refractivity contribution is -0.120. The summed E-state index contributed by atoms with van der Waals surface area (Å²) in [5, 5.41) is 3.49. The zero-order valence-electron chi connectivity index (χ0n) is 17.1. The van der Waals surface area contributed by atoms with Crippen molar-refractivity contribution in [3.63, 3.8) is 0 Å². The topological polar surface area (TPSA) is 88.2 Å². The van der Waals surface area contributed by atoms with Crippen molar-refractivity contribution in [2.45, 2.75) is 50.8 Å². The zero-order chi connectivity index (χ0) is 21.3. The number of thiazole rings is 1. The summed E-state index contributed by atoms with van der Waals surface area (Å²) in [5.74, 6) is 0.0929. The highest BCUT2D eigenvalue weighted by Gasteiger charge is 2.22. The fraction of sp³-hybridized carbons (Fsp3) is 0.364. The third-order valence-electron chi connectivity index (χ3n) is 5.48. The molecule has 4 rings (SSSR count). The van der Waals surface area contributed by atoms with E-state index in [1.807, 2.05) is 19.1 Å². The fourth-order valence-electron chi connectivity index (χ4n) is 3.82. The highest BCUT2D eigenvalue weighted by Crippen LogP contribution is 2.31. The molecule has 8 heteroatoms. The lowest BCUT2D eigenvalue weighted by atomic mass is 9.89. The van der Waals surface area contributed by atoms with Crippen LogP contribution < -0.4 is 10.0 Å². The Bertz CT molecular complexity index is 1200. The monoisotopic (exact) mass is 443 g/mol. The van der Waals surface area contributed by atoms with Crippen LogP contribution in [0, 0.1) is 19.8 Å². The maximum absolute atomic E-state index is 12.9. The minimum Gasteiger partial charge on any atom is -0.302 e. The maximum atomic E-state index is 12.9. The third kappa shape index (κ3) is 4.49. The van der Waals surface area contributed by atoms with Gasteiger partial charge in [-0.15, -0.1) is 0 Å². The Morgan fingerprint density at radius 2 is 1.83 bits per heavy atom.